The van der Waals surface area contributed by atoms with E-state index in [9.17, 15) is 13.2 Å². The number of thiazole rings is 1. The Kier molecular flexibility index (Phi) is 6.87. The fourth-order valence-electron chi connectivity index (χ4n) is 4.60. The van der Waals surface area contributed by atoms with Crippen molar-refractivity contribution in [2.24, 2.45) is 5.92 Å². The van der Waals surface area contributed by atoms with Crippen molar-refractivity contribution in [3.63, 3.8) is 0 Å². The number of piperidine rings is 1. The highest BCUT2D eigenvalue weighted by Crippen LogP contribution is 2.35. The lowest BCUT2D eigenvalue weighted by Crippen LogP contribution is -2.46. The number of amides is 1. The predicted molar refractivity (Wildman–Crippen MR) is 142 cm³/mol. The molecule has 0 saturated carbocycles. The average Bonchev–Trinajstić information content (AvgIpc) is 3.37. The van der Waals surface area contributed by atoms with Crippen LogP contribution >= 0.6 is 11.3 Å². The molecule has 1 unspecified atom stereocenters. The van der Waals surface area contributed by atoms with Gasteiger partial charge < -0.3 is 0 Å². The lowest BCUT2D eigenvalue weighted by Gasteiger charge is -2.33. The Labute approximate surface area is 215 Å². The summed E-state index contributed by atoms with van der Waals surface area (Å²) < 4.78 is 29.0. The lowest BCUT2D eigenvalue weighted by molar-refractivity contribution is -0.123. The molecule has 9 heteroatoms. The zero-order chi connectivity index (χ0) is 25.3. The van der Waals surface area contributed by atoms with Crippen molar-refractivity contribution >= 4 is 42.6 Å². The minimum absolute atomic E-state index is 0.110. The van der Waals surface area contributed by atoms with E-state index in [1.165, 1.54) is 15.6 Å². The van der Waals surface area contributed by atoms with Crippen LogP contribution in [0.3, 0.4) is 0 Å². The normalized spacial score (nSPS) is 16.8. The number of hydrogen-bond donors (Lipinski definition) is 0. The number of carbonyl (C=O) groups excluding carboxylic acids is 1. The maximum atomic E-state index is 14.0. The van der Waals surface area contributed by atoms with E-state index in [1.807, 2.05) is 32.0 Å². The van der Waals surface area contributed by atoms with Crippen LogP contribution in [-0.2, 0) is 21.4 Å². The number of hydrogen-bond acceptors (Lipinski definition) is 6. The van der Waals surface area contributed by atoms with E-state index in [2.05, 4.69) is 11.1 Å². The van der Waals surface area contributed by atoms with Crippen LogP contribution in [0.1, 0.15) is 29.5 Å². The van der Waals surface area contributed by atoms with E-state index in [4.69, 9.17) is 4.98 Å². The molecule has 0 aliphatic carbocycles. The second-order valence-corrected chi connectivity index (χ2v) is 12.1. The molecule has 1 aliphatic rings. The van der Waals surface area contributed by atoms with Crippen LogP contribution < -0.4 is 4.90 Å². The zero-order valence-electron chi connectivity index (χ0n) is 20.3. The maximum absolute atomic E-state index is 14.0. The third-order valence-electron chi connectivity index (χ3n) is 6.61. The zero-order valence-corrected chi connectivity index (χ0v) is 21.9. The van der Waals surface area contributed by atoms with Gasteiger partial charge in [0.25, 0.3) is 0 Å². The number of anilines is 1. The van der Waals surface area contributed by atoms with Crippen LogP contribution in [0.5, 0.6) is 0 Å². The van der Waals surface area contributed by atoms with Gasteiger partial charge in [-0.05, 0) is 61.6 Å². The summed E-state index contributed by atoms with van der Waals surface area (Å²) in [5, 5.41) is 0.624. The van der Waals surface area contributed by atoms with E-state index in [0.29, 0.717) is 31.1 Å². The molecule has 0 bridgehead atoms. The average molecular weight is 521 g/mol. The number of sulfonamides is 1. The van der Waals surface area contributed by atoms with Crippen molar-refractivity contribution in [3.8, 4) is 0 Å². The minimum Gasteiger partial charge on any atom is -0.283 e. The van der Waals surface area contributed by atoms with Gasteiger partial charge in [-0.2, -0.15) is 4.31 Å². The van der Waals surface area contributed by atoms with Gasteiger partial charge in [0.2, 0.25) is 15.9 Å². The van der Waals surface area contributed by atoms with Crippen LogP contribution in [-0.4, -0.2) is 41.7 Å². The molecule has 1 fully saturated rings. The third kappa shape index (κ3) is 4.78. The molecule has 0 radical (unpaired) electrons. The SMILES string of the molecule is Cc1ccc(C)c2sc(N(Cc3cccnc3)C(=O)C3CCCN(S(=O)(=O)c4ccccc4)C3)nc12. The highest BCUT2D eigenvalue weighted by Gasteiger charge is 2.36. The number of aryl methyl sites for hydroxylation is 2. The standard InChI is InChI=1S/C27H28N4O3S2/c1-19-12-13-20(2)25-24(19)29-27(35-25)31(17-21-8-6-14-28-16-21)26(32)22-9-7-15-30(18-22)36(33,34)23-10-4-3-5-11-23/h3-6,8,10-14,16,22H,7,9,15,17-18H2,1-2H3. The Morgan fingerprint density at radius 3 is 2.58 bits per heavy atom. The van der Waals surface area contributed by atoms with Crippen molar-refractivity contribution in [2.45, 2.75) is 38.1 Å². The molecule has 5 rings (SSSR count). The van der Waals surface area contributed by atoms with E-state index in [0.717, 1.165) is 26.9 Å². The van der Waals surface area contributed by atoms with Crippen molar-refractivity contribution in [1.29, 1.82) is 0 Å². The van der Waals surface area contributed by atoms with Crippen molar-refractivity contribution < 1.29 is 13.2 Å². The molecule has 1 saturated heterocycles. The van der Waals surface area contributed by atoms with E-state index in [-0.39, 0.29) is 17.3 Å². The van der Waals surface area contributed by atoms with Gasteiger partial charge in [0.1, 0.15) is 0 Å². The van der Waals surface area contributed by atoms with Gasteiger partial charge in [0, 0.05) is 25.5 Å². The van der Waals surface area contributed by atoms with E-state index in [1.54, 1.807) is 47.6 Å². The van der Waals surface area contributed by atoms with Gasteiger partial charge in [-0.15, -0.1) is 0 Å². The summed E-state index contributed by atoms with van der Waals surface area (Å²) in [7, 11) is -3.67. The number of nitrogens with zero attached hydrogens (tertiary/aromatic N) is 4. The molecule has 7 nitrogen and oxygen atoms in total. The molecule has 2 aromatic carbocycles. The number of carbonyl (C=O) groups is 1. The molecule has 2 aromatic heterocycles. The summed E-state index contributed by atoms with van der Waals surface area (Å²) in [4.78, 5) is 25.1. The molecule has 4 aromatic rings. The second kappa shape index (κ2) is 10.1. The highest BCUT2D eigenvalue weighted by atomic mass is 32.2. The van der Waals surface area contributed by atoms with Gasteiger partial charge in [-0.3, -0.25) is 14.7 Å². The Morgan fingerprint density at radius 2 is 1.86 bits per heavy atom. The van der Waals surface area contributed by atoms with Crippen molar-refractivity contribution in [1.82, 2.24) is 14.3 Å². The van der Waals surface area contributed by atoms with Crippen LogP contribution in [0.2, 0.25) is 0 Å². The Morgan fingerprint density at radius 1 is 1.08 bits per heavy atom. The van der Waals surface area contributed by atoms with Crippen molar-refractivity contribution in [2.75, 3.05) is 18.0 Å². The molecule has 0 N–H and O–H groups in total. The molecular formula is C27H28N4O3S2. The highest BCUT2D eigenvalue weighted by molar-refractivity contribution is 7.89. The number of pyridine rings is 1. The molecular weight excluding hydrogens is 492 g/mol. The number of rotatable bonds is 6. The largest absolute Gasteiger partial charge is 0.283 e. The Bertz CT molecular complexity index is 1450. The Hall–Kier alpha value is -3.14. The van der Waals surface area contributed by atoms with Gasteiger partial charge in [0.15, 0.2) is 5.13 Å². The molecule has 1 aliphatic heterocycles. The number of aromatic nitrogens is 2. The summed E-state index contributed by atoms with van der Waals surface area (Å²) in [6.07, 6.45) is 4.71. The van der Waals surface area contributed by atoms with Gasteiger partial charge >= 0.3 is 0 Å². The number of benzene rings is 2. The summed E-state index contributed by atoms with van der Waals surface area (Å²) in [5.41, 5.74) is 3.97. The summed E-state index contributed by atoms with van der Waals surface area (Å²) >= 11 is 1.50. The smallest absolute Gasteiger partial charge is 0.243 e. The molecule has 0 spiro atoms. The van der Waals surface area contributed by atoms with Crippen LogP contribution in [0.15, 0.2) is 71.9 Å². The molecule has 186 valence electrons. The number of fused-ring (bicyclic) bond motifs is 1. The first-order valence-corrected chi connectivity index (χ1v) is 14.2. The van der Waals surface area contributed by atoms with E-state index < -0.39 is 15.9 Å². The summed E-state index contributed by atoms with van der Waals surface area (Å²) in [6, 6.07) is 16.3. The van der Waals surface area contributed by atoms with Gasteiger partial charge in [0.05, 0.1) is 27.6 Å². The predicted octanol–water partition coefficient (Wildman–Crippen LogP) is 4.94. The van der Waals surface area contributed by atoms with Crippen molar-refractivity contribution in [3.05, 3.63) is 83.7 Å². The van der Waals surface area contributed by atoms with Gasteiger partial charge in [-0.25, -0.2) is 13.4 Å². The fraction of sp³-hybridized carbons (Fsp3) is 0.296. The van der Waals surface area contributed by atoms with Crippen LogP contribution in [0.4, 0.5) is 5.13 Å². The third-order valence-corrected chi connectivity index (χ3v) is 9.70. The lowest BCUT2D eigenvalue weighted by atomic mass is 9.98. The molecule has 1 amide bonds. The minimum atomic E-state index is -3.67. The first kappa shape index (κ1) is 24.5. The van der Waals surface area contributed by atoms with Crippen LogP contribution in [0.25, 0.3) is 10.2 Å². The van der Waals surface area contributed by atoms with Crippen LogP contribution in [0, 0.1) is 19.8 Å². The molecule has 3 heterocycles. The first-order chi connectivity index (χ1) is 17.3. The monoisotopic (exact) mass is 520 g/mol. The Balaban J connectivity index is 1.48. The topological polar surface area (TPSA) is 83.5 Å². The molecule has 36 heavy (non-hydrogen) atoms. The van der Waals surface area contributed by atoms with E-state index >= 15 is 0 Å². The summed E-state index contributed by atoms with van der Waals surface area (Å²) in [5.74, 6) is -0.565. The second-order valence-electron chi connectivity index (χ2n) is 9.17. The quantitative estimate of drug-likeness (QED) is 0.360. The fourth-order valence-corrected chi connectivity index (χ4v) is 7.26. The first-order valence-electron chi connectivity index (χ1n) is 12.0. The maximum Gasteiger partial charge on any atom is 0.243 e. The summed E-state index contributed by atoms with van der Waals surface area (Å²) in [6.45, 7) is 4.95. The molecule has 1 atom stereocenters. The van der Waals surface area contributed by atoms with Gasteiger partial charge in [-0.1, -0.05) is 47.7 Å².